The molecule has 0 aliphatic carbocycles. The number of nitrogens with one attached hydrogen (secondary N) is 1. The van der Waals surface area contributed by atoms with Crippen LogP contribution in [0.3, 0.4) is 0 Å². The van der Waals surface area contributed by atoms with E-state index in [1.165, 1.54) is 0 Å². The lowest BCUT2D eigenvalue weighted by atomic mass is 10.1. The van der Waals surface area contributed by atoms with Crippen LogP contribution in [0.15, 0.2) is 73.1 Å². The molecule has 0 bridgehead atoms. The fourth-order valence-corrected chi connectivity index (χ4v) is 2.50. The van der Waals surface area contributed by atoms with E-state index in [1.54, 1.807) is 18.3 Å². The lowest BCUT2D eigenvalue weighted by molar-refractivity contribution is 0.0916. The molecule has 2 N–H and O–H groups in total. The van der Waals surface area contributed by atoms with Gasteiger partial charge in [-0.3, -0.25) is 9.48 Å². The Hall–Kier alpha value is -2.92. The second-order valence-electron chi connectivity index (χ2n) is 5.52. The maximum absolute atomic E-state index is 12.4. The second-order valence-corrected chi connectivity index (χ2v) is 5.52. The van der Waals surface area contributed by atoms with Crippen molar-refractivity contribution in [1.29, 1.82) is 0 Å². The van der Waals surface area contributed by atoms with Crippen molar-refractivity contribution in [3.8, 4) is 0 Å². The monoisotopic (exact) mass is 321 g/mol. The highest BCUT2D eigenvalue weighted by Crippen LogP contribution is 2.13. The number of aromatic nitrogens is 2. The Morgan fingerprint density at radius 1 is 1.08 bits per heavy atom. The first kappa shape index (κ1) is 16.0. The molecular weight excluding hydrogens is 302 g/mol. The molecular formula is C19H19N3O2. The molecule has 0 spiro atoms. The smallest absolute Gasteiger partial charge is 0.251 e. The molecule has 3 rings (SSSR count). The second kappa shape index (κ2) is 7.57. The topological polar surface area (TPSA) is 67.2 Å². The summed E-state index contributed by atoms with van der Waals surface area (Å²) in [6, 6.07) is 18.3. The Morgan fingerprint density at radius 2 is 1.83 bits per heavy atom. The van der Waals surface area contributed by atoms with Crippen LogP contribution in [-0.2, 0) is 6.54 Å². The Morgan fingerprint density at radius 3 is 2.46 bits per heavy atom. The van der Waals surface area contributed by atoms with Crippen LogP contribution in [0.1, 0.15) is 27.5 Å². The van der Waals surface area contributed by atoms with Gasteiger partial charge in [-0.05, 0) is 29.3 Å². The minimum Gasteiger partial charge on any atom is -0.394 e. The fourth-order valence-electron chi connectivity index (χ4n) is 2.50. The van der Waals surface area contributed by atoms with Gasteiger partial charge < -0.3 is 10.4 Å². The van der Waals surface area contributed by atoms with E-state index in [1.807, 2.05) is 59.4 Å². The van der Waals surface area contributed by atoms with Gasteiger partial charge in [0.1, 0.15) is 0 Å². The van der Waals surface area contributed by atoms with Crippen LogP contribution in [0.4, 0.5) is 0 Å². The van der Waals surface area contributed by atoms with Crippen molar-refractivity contribution in [3.63, 3.8) is 0 Å². The number of nitrogens with zero attached hydrogens (tertiary/aromatic N) is 2. The van der Waals surface area contributed by atoms with Gasteiger partial charge >= 0.3 is 0 Å². The predicted molar refractivity (Wildman–Crippen MR) is 91.5 cm³/mol. The van der Waals surface area contributed by atoms with Gasteiger partial charge in [-0.25, -0.2) is 0 Å². The van der Waals surface area contributed by atoms with E-state index in [2.05, 4.69) is 10.4 Å². The van der Waals surface area contributed by atoms with Crippen LogP contribution in [0.25, 0.3) is 0 Å². The number of amides is 1. The van der Waals surface area contributed by atoms with Gasteiger partial charge in [-0.1, -0.05) is 42.5 Å². The molecule has 0 radical (unpaired) electrons. The number of hydrogen-bond acceptors (Lipinski definition) is 3. The first-order chi connectivity index (χ1) is 11.8. The van der Waals surface area contributed by atoms with E-state index in [0.29, 0.717) is 12.1 Å². The number of carbonyl (C=O) groups is 1. The molecule has 5 nitrogen and oxygen atoms in total. The van der Waals surface area contributed by atoms with E-state index < -0.39 is 6.04 Å². The third kappa shape index (κ3) is 3.88. The maximum Gasteiger partial charge on any atom is 0.251 e. The summed E-state index contributed by atoms with van der Waals surface area (Å²) in [5.41, 5.74) is 2.51. The number of aliphatic hydroxyl groups is 1. The van der Waals surface area contributed by atoms with Crippen LogP contribution >= 0.6 is 0 Å². The van der Waals surface area contributed by atoms with E-state index >= 15 is 0 Å². The average molecular weight is 321 g/mol. The third-order valence-electron chi connectivity index (χ3n) is 3.81. The van der Waals surface area contributed by atoms with Crippen LogP contribution in [0.5, 0.6) is 0 Å². The summed E-state index contributed by atoms with van der Waals surface area (Å²) in [6.07, 6.45) is 3.63. The number of aliphatic hydroxyl groups excluding tert-OH is 1. The summed E-state index contributed by atoms with van der Waals surface area (Å²) in [6.45, 7) is 0.519. The minimum absolute atomic E-state index is 0.146. The molecule has 3 aromatic rings. The number of rotatable bonds is 6. The lowest BCUT2D eigenvalue weighted by Crippen LogP contribution is -2.30. The van der Waals surface area contributed by atoms with Gasteiger partial charge in [0.15, 0.2) is 0 Å². The van der Waals surface area contributed by atoms with E-state index in [-0.39, 0.29) is 12.5 Å². The number of hydrogen-bond donors (Lipinski definition) is 2. The van der Waals surface area contributed by atoms with E-state index in [0.717, 1.165) is 11.1 Å². The molecule has 1 aromatic heterocycles. The molecule has 0 aliphatic heterocycles. The van der Waals surface area contributed by atoms with Crippen molar-refractivity contribution in [2.75, 3.05) is 6.61 Å². The van der Waals surface area contributed by atoms with E-state index in [9.17, 15) is 9.90 Å². The predicted octanol–water partition coefficient (Wildman–Crippen LogP) is 2.39. The molecule has 1 unspecified atom stereocenters. The molecule has 1 amide bonds. The lowest BCUT2D eigenvalue weighted by Gasteiger charge is -2.17. The number of benzene rings is 2. The molecule has 1 atom stereocenters. The third-order valence-corrected chi connectivity index (χ3v) is 3.81. The van der Waals surface area contributed by atoms with Crippen LogP contribution in [0.2, 0.25) is 0 Å². The van der Waals surface area contributed by atoms with Crippen LogP contribution in [-0.4, -0.2) is 27.4 Å². The van der Waals surface area contributed by atoms with Crippen molar-refractivity contribution >= 4 is 5.91 Å². The standard InChI is InChI=1S/C19H19N3O2/c23-14-18(16-5-2-1-3-6-16)21-19(24)17-9-7-15(8-10-17)13-22-12-4-11-20-22/h1-12,18,23H,13-14H2,(H,21,24). The van der Waals surface area contributed by atoms with Gasteiger partial charge in [0, 0.05) is 18.0 Å². The van der Waals surface area contributed by atoms with Crippen molar-refractivity contribution < 1.29 is 9.90 Å². The summed E-state index contributed by atoms with van der Waals surface area (Å²) < 4.78 is 1.83. The Balaban J connectivity index is 1.66. The molecule has 122 valence electrons. The zero-order valence-corrected chi connectivity index (χ0v) is 13.2. The summed E-state index contributed by atoms with van der Waals surface area (Å²) in [5, 5.41) is 16.6. The van der Waals surface area contributed by atoms with Gasteiger partial charge in [0.2, 0.25) is 0 Å². The highest BCUT2D eigenvalue weighted by Gasteiger charge is 2.14. The van der Waals surface area contributed by atoms with Crippen LogP contribution in [0, 0.1) is 0 Å². The molecule has 0 aliphatic rings. The highest BCUT2D eigenvalue weighted by molar-refractivity contribution is 5.94. The van der Waals surface area contributed by atoms with E-state index in [4.69, 9.17) is 0 Å². The molecule has 1 heterocycles. The van der Waals surface area contributed by atoms with Gasteiger partial charge in [-0.15, -0.1) is 0 Å². The van der Waals surface area contributed by atoms with Crippen molar-refractivity contribution in [2.24, 2.45) is 0 Å². The van der Waals surface area contributed by atoms with Gasteiger partial charge in [-0.2, -0.15) is 5.10 Å². The normalized spacial score (nSPS) is 11.9. The summed E-state index contributed by atoms with van der Waals surface area (Å²) in [7, 11) is 0. The first-order valence-corrected chi connectivity index (χ1v) is 7.79. The fraction of sp³-hybridized carbons (Fsp3) is 0.158. The molecule has 0 saturated heterocycles. The Kier molecular flexibility index (Phi) is 5.03. The maximum atomic E-state index is 12.4. The molecule has 24 heavy (non-hydrogen) atoms. The summed E-state index contributed by atoms with van der Waals surface area (Å²) >= 11 is 0. The Labute approximate surface area is 140 Å². The summed E-state index contributed by atoms with van der Waals surface area (Å²) in [5.74, 6) is -0.205. The molecule has 5 heteroatoms. The van der Waals surface area contributed by atoms with Crippen molar-refractivity contribution in [3.05, 3.63) is 89.7 Å². The molecule has 0 fully saturated rings. The number of carbonyl (C=O) groups excluding carboxylic acids is 1. The van der Waals surface area contributed by atoms with Crippen molar-refractivity contribution in [1.82, 2.24) is 15.1 Å². The van der Waals surface area contributed by atoms with Gasteiger partial charge in [0.05, 0.1) is 19.2 Å². The van der Waals surface area contributed by atoms with Crippen LogP contribution < -0.4 is 5.32 Å². The minimum atomic E-state index is -0.414. The van der Waals surface area contributed by atoms with Gasteiger partial charge in [0.25, 0.3) is 5.91 Å². The molecule has 0 saturated carbocycles. The largest absolute Gasteiger partial charge is 0.394 e. The average Bonchev–Trinajstić information content (AvgIpc) is 3.14. The van der Waals surface area contributed by atoms with Crippen molar-refractivity contribution in [2.45, 2.75) is 12.6 Å². The zero-order chi connectivity index (χ0) is 16.8. The molecule has 2 aromatic carbocycles. The quantitative estimate of drug-likeness (QED) is 0.732. The first-order valence-electron chi connectivity index (χ1n) is 7.79. The highest BCUT2D eigenvalue weighted by atomic mass is 16.3. The summed E-state index contributed by atoms with van der Waals surface area (Å²) in [4.78, 5) is 12.4. The SMILES string of the molecule is O=C(NC(CO)c1ccccc1)c1ccc(Cn2cccn2)cc1. The Bertz CT molecular complexity index is 768. The zero-order valence-electron chi connectivity index (χ0n) is 13.2.